The van der Waals surface area contributed by atoms with Gasteiger partial charge >= 0.3 is 0 Å². The van der Waals surface area contributed by atoms with Crippen LogP contribution < -0.4 is 5.32 Å². The van der Waals surface area contributed by atoms with E-state index in [1.54, 1.807) is 12.4 Å². The van der Waals surface area contributed by atoms with Crippen molar-refractivity contribution in [1.82, 2.24) is 20.2 Å². The van der Waals surface area contributed by atoms with Gasteiger partial charge in [0.2, 0.25) is 5.91 Å². The molecule has 1 aliphatic heterocycles. The van der Waals surface area contributed by atoms with E-state index >= 15 is 0 Å². The van der Waals surface area contributed by atoms with Gasteiger partial charge in [-0.3, -0.25) is 4.79 Å². The maximum absolute atomic E-state index is 12.0. The summed E-state index contributed by atoms with van der Waals surface area (Å²) in [5, 5.41) is 11.9. The molecule has 1 aliphatic rings. The number of aliphatic hydroxyl groups is 1. The third kappa shape index (κ3) is 4.33. The van der Waals surface area contributed by atoms with Crippen LogP contribution in [0.15, 0.2) is 12.4 Å². The highest BCUT2D eigenvalue weighted by atomic mass is 16.3. The van der Waals surface area contributed by atoms with Crippen molar-refractivity contribution in [3.8, 4) is 0 Å². The van der Waals surface area contributed by atoms with Crippen LogP contribution >= 0.6 is 0 Å². The summed E-state index contributed by atoms with van der Waals surface area (Å²) >= 11 is 0. The van der Waals surface area contributed by atoms with E-state index < -0.39 is 0 Å². The lowest BCUT2D eigenvalue weighted by molar-refractivity contribution is -0.126. The largest absolute Gasteiger partial charge is 0.395 e. The molecule has 3 N–H and O–H groups in total. The van der Waals surface area contributed by atoms with Crippen LogP contribution in [-0.4, -0.2) is 58.7 Å². The van der Waals surface area contributed by atoms with Gasteiger partial charge in [0.1, 0.15) is 5.82 Å². The maximum Gasteiger partial charge on any atom is 0.224 e. The lowest BCUT2D eigenvalue weighted by Gasteiger charge is -2.31. The number of piperidine rings is 1. The van der Waals surface area contributed by atoms with Gasteiger partial charge in [-0.1, -0.05) is 0 Å². The van der Waals surface area contributed by atoms with E-state index in [1.807, 2.05) is 0 Å². The topological polar surface area (TPSA) is 81.2 Å². The smallest absolute Gasteiger partial charge is 0.224 e. The minimum Gasteiger partial charge on any atom is -0.395 e. The van der Waals surface area contributed by atoms with Crippen molar-refractivity contribution >= 4 is 5.91 Å². The Hall–Kier alpha value is -1.40. The summed E-state index contributed by atoms with van der Waals surface area (Å²) in [6, 6.07) is 0. The first-order valence-electron chi connectivity index (χ1n) is 6.89. The van der Waals surface area contributed by atoms with Crippen LogP contribution in [0.5, 0.6) is 0 Å². The van der Waals surface area contributed by atoms with Crippen LogP contribution in [0.3, 0.4) is 0 Å². The summed E-state index contributed by atoms with van der Waals surface area (Å²) < 4.78 is 0. The standard InChI is InChI=1S/C13H22N4O2/c18-9-8-17-7-1-2-11(10-17)13(19)16-4-3-12-14-5-6-15-12/h5-6,11,18H,1-4,7-10H2,(H,14,15)(H,16,19)/t11-/m1/s1. The van der Waals surface area contributed by atoms with Crippen molar-refractivity contribution in [3.63, 3.8) is 0 Å². The van der Waals surface area contributed by atoms with Gasteiger partial charge in [0, 0.05) is 38.4 Å². The van der Waals surface area contributed by atoms with Crippen molar-refractivity contribution in [1.29, 1.82) is 0 Å². The number of nitrogens with zero attached hydrogens (tertiary/aromatic N) is 2. The predicted octanol–water partition coefficient (Wildman–Crippen LogP) is -0.227. The van der Waals surface area contributed by atoms with Crippen LogP contribution in [0.2, 0.25) is 0 Å². The van der Waals surface area contributed by atoms with E-state index in [1.165, 1.54) is 0 Å². The summed E-state index contributed by atoms with van der Waals surface area (Å²) in [5.74, 6) is 1.07. The molecule has 1 atom stereocenters. The molecule has 1 saturated heterocycles. The Balaban J connectivity index is 1.70. The molecule has 19 heavy (non-hydrogen) atoms. The highest BCUT2D eigenvalue weighted by Gasteiger charge is 2.24. The maximum atomic E-state index is 12.0. The summed E-state index contributed by atoms with van der Waals surface area (Å²) in [6.07, 6.45) is 6.19. The second-order valence-electron chi connectivity index (χ2n) is 4.94. The van der Waals surface area contributed by atoms with E-state index in [-0.39, 0.29) is 18.4 Å². The Kier molecular flexibility index (Phi) is 5.35. The molecule has 106 valence electrons. The molecule has 0 aliphatic carbocycles. The Morgan fingerprint density at radius 3 is 3.26 bits per heavy atom. The molecule has 6 nitrogen and oxygen atoms in total. The molecule has 6 heteroatoms. The SMILES string of the molecule is O=C(NCCc1ncc[nH]1)[C@@H]1CCCN(CCO)C1. The number of rotatable bonds is 6. The van der Waals surface area contributed by atoms with Crippen LogP contribution in [0.4, 0.5) is 0 Å². The molecular formula is C13H22N4O2. The summed E-state index contributed by atoms with van der Waals surface area (Å²) in [4.78, 5) is 21.3. The van der Waals surface area contributed by atoms with Crippen molar-refractivity contribution in [2.24, 2.45) is 5.92 Å². The number of H-pyrrole nitrogens is 1. The number of carbonyl (C=O) groups excluding carboxylic acids is 1. The fourth-order valence-electron chi connectivity index (χ4n) is 2.50. The van der Waals surface area contributed by atoms with Gasteiger partial charge in [0.05, 0.1) is 12.5 Å². The number of carbonyl (C=O) groups is 1. The first-order chi connectivity index (χ1) is 9.29. The number of imidazole rings is 1. The van der Waals surface area contributed by atoms with Gasteiger partial charge in [-0.2, -0.15) is 0 Å². The number of nitrogens with one attached hydrogen (secondary N) is 2. The van der Waals surface area contributed by atoms with E-state index in [2.05, 4.69) is 20.2 Å². The normalized spacial score (nSPS) is 20.4. The van der Waals surface area contributed by atoms with Gasteiger partial charge in [-0.25, -0.2) is 4.98 Å². The number of aromatic nitrogens is 2. The number of β-amino-alcohol motifs (C(OH)–C–C–N with tert-alkyl or cyclic N) is 1. The summed E-state index contributed by atoms with van der Waals surface area (Å²) in [5.41, 5.74) is 0. The van der Waals surface area contributed by atoms with E-state index in [0.717, 1.165) is 38.2 Å². The Morgan fingerprint density at radius 1 is 1.63 bits per heavy atom. The summed E-state index contributed by atoms with van der Waals surface area (Å²) in [6.45, 7) is 3.18. The molecule has 2 heterocycles. The number of hydrogen-bond acceptors (Lipinski definition) is 4. The van der Waals surface area contributed by atoms with Gasteiger partial charge in [-0.05, 0) is 19.4 Å². The highest BCUT2D eigenvalue weighted by molar-refractivity contribution is 5.78. The fraction of sp³-hybridized carbons (Fsp3) is 0.692. The van der Waals surface area contributed by atoms with E-state index in [9.17, 15) is 4.79 Å². The minimum atomic E-state index is 0.0527. The lowest BCUT2D eigenvalue weighted by Crippen LogP contribution is -2.44. The minimum absolute atomic E-state index is 0.0527. The molecule has 0 spiro atoms. The van der Waals surface area contributed by atoms with Crippen LogP contribution in [-0.2, 0) is 11.2 Å². The second-order valence-corrected chi connectivity index (χ2v) is 4.94. The molecular weight excluding hydrogens is 244 g/mol. The molecule has 0 saturated carbocycles. The van der Waals surface area contributed by atoms with Gasteiger partial charge in [0.25, 0.3) is 0 Å². The Labute approximate surface area is 113 Å². The number of hydrogen-bond donors (Lipinski definition) is 3. The van der Waals surface area contributed by atoms with Crippen molar-refractivity contribution in [2.75, 3.05) is 32.8 Å². The average Bonchev–Trinajstić information content (AvgIpc) is 2.92. The monoisotopic (exact) mass is 266 g/mol. The zero-order chi connectivity index (χ0) is 13.5. The molecule has 0 bridgehead atoms. The first-order valence-corrected chi connectivity index (χ1v) is 6.89. The second kappa shape index (κ2) is 7.25. The first kappa shape index (κ1) is 14.0. The molecule has 0 unspecified atom stereocenters. The molecule has 0 aromatic carbocycles. The quantitative estimate of drug-likeness (QED) is 0.664. The van der Waals surface area contributed by atoms with Crippen molar-refractivity contribution < 1.29 is 9.90 Å². The van der Waals surface area contributed by atoms with Gasteiger partial charge in [0.15, 0.2) is 0 Å². The molecule has 1 fully saturated rings. The summed E-state index contributed by atoms with van der Waals surface area (Å²) in [7, 11) is 0. The van der Waals surface area contributed by atoms with Crippen LogP contribution in [0, 0.1) is 5.92 Å². The molecule has 1 amide bonds. The van der Waals surface area contributed by atoms with Crippen molar-refractivity contribution in [3.05, 3.63) is 18.2 Å². The number of aromatic amines is 1. The Bertz CT molecular complexity index is 378. The zero-order valence-electron chi connectivity index (χ0n) is 11.1. The Morgan fingerprint density at radius 2 is 2.53 bits per heavy atom. The third-order valence-electron chi connectivity index (χ3n) is 3.51. The molecule has 0 radical (unpaired) electrons. The lowest BCUT2D eigenvalue weighted by atomic mass is 9.97. The van der Waals surface area contributed by atoms with Crippen LogP contribution in [0.25, 0.3) is 0 Å². The fourth-order valence-corrected chi connectivity index (χ4v) is 2.50. The van der Waals surface area contributed by atoms with Gasteiger partial charge in [-0.15, -0.1) is 0 Å². The zero-order valence-corrected chi connectivity index (χ0v) is 11.1. The highest BCUT2D eigenvalue weighted by Crippen LogP contribution is 2.16. The number of likely N-dealkylation sites (tertiary alicyclic amines) is 1. The van der Waals surface area contributed by atoms with Crippen LogP contribution in [0.1, 0.15) is 18.7 Å². The molecule has 1 aromatic heterocycles. The van der Waals surface area contributed by atoms with Crippen molar-refractivity contribution in [2.45, 2.75) is 19.3 Å². The third-order valence-corrected chi connectivity index (χ3v) is 3.51. The van der Waals surface area contributed by atoms with E-state index in [4.69, 9.17) is 5.11 Å². The molecule has 1 aromatic rings. The number of amides is 1. The van der Waals surface area contributed by atoms with E-state index in [0.29, 0.717) is 13.1 Å². The molecule has 2 rings (SSSR count). The average molecular weight is 266 g/mol. The van der Waals surface area contributed by atoms with Gasteiger partial charge < -0.3 is 20.3 Å². The number of aliphatic hydroxyl groups excluding tert-OH is 1. The predicted molar refractivity (Wildman–Crippen MR) is 71.6 cm³/mol.